The van der Waals surface area contributed by atoms with Gasteiger partial charge in [-0.3, -0.25) is 14.5 Å². The number of carbonyl (C=O) groups is 3. The Bertz CT molecular complexity index is 943. The highest BCUT2D eigenvalue weighted by molar-refractivity contribution is 6.30. The zero-order valence-electron chi connectivity index (χ0n) is 17.7. The van der Waals surface area contributed by atoms with Gasteiger partial charge in [-0.15, -0.1) is 0 Å². The number of esters is 1. The number of halogens is 2. The van der Waals surface area contributed by atoms with Crippen molar-refractivity contribution in [1.29, 1.82) is 0 Å². The molecule has 1 fully saturated rings. The van der Waals surface area contributed by atoms with Crippen molar-refractivity contribution in [3.8, 4) is 0 Å². The maximum absolute atomic E-state index is 12.6. The van der Waals surface area contributed by atoms with Crippen molar-refractivity contribution >= 4 is 41.0 Å². The van der Waals surface area contributed by atoms with Crippen LogP contribution in [0.2, 0.25) is 10.0 Å². The Kier molecular flexibility index (Phi) is 8.50. The van der Waals surface area contributed by atoms with Crippen molar-refractivity contribution in [2.45, 2.75) is 12.5 Å². The second-order valence-corrected chi connectivity index (χ2v) is 8.28. The van der Waals surface area contributed by atoms with E-state index in [1.54, 1.807) is 41.3 Å². The number of piperazine rings is 1. The first kappa shape index (κ1) is 24.0. The number of nitrogens with zero attached hydrogens (tertiary/aromatic N) is 2. The summed E-state index contributed by atoms with van der Waals surface area (Å²) < 4.78 is 5.00. The van der Waals surface area contributed by atoms with Gasteiger partial charge in [0.25, 0.3) is 5.91 Å². The van der Waals surface area contributed by atoms with E-state index in [4.69, 9.17) is 27.9 Å². The largest absolute Gasteiger partial charge is 0.468 e. The molecule has 1 unspecified atom stereocenters. The fourth-order valence-corrected chi connectivity index (χ4v) is 3.88. The van der Waals surface area contributed by atoms with Gasteiger partial charge in [0.15, 0.2) is 0 Å². The van der Waals surface area contributed by atoms with Gasteiger partial charge in [0.05, 0.1) is 7.11 Å². The van der Waals surface area contributed by atoms with Gasteiger partial charge in [0, 0.05) is 54.8 Å². The van der Waals surface area contributed by atoms with Gasteiger partial charge in [-0.25, -0.2) is 4.79 Å². The van der Waals surface area contributed by atoms with E-state index in [9.17, 15) is 14.4 Å². The molecule has 1 saturated heterocycles. The topological polar surface area (TPSA) is 79.0 Å². The molecule has 170 valence electrons. The molecule has 1 aliphatic heterocycles. The molecule has 2 aromatic carbocycles. The molecule has 9 heteroatoms. The van der Waals surface area contributed by atoms with E-state index >= 15 is 0 Å². The van der Waals surface area contributed by atoms with Gasteiger partial charge in [-0.1, -0.05) is 35.3 Å². The highest BCUT2D eigenvalue weighted by Gasteiger charge is 2.32. The Labute approximate surface area is 197 Å². The van der Waals surface area contributed by atoms with E-state index in [1.807, 2.05) is 17.0 Å². The Hall–Kier alpha value is -2.61. The van der Waals surface area contributed by atoms with Crippen LogP contribution in [0.25, 0.3) is 0 Å². The standard InChI is InChI=1S/C23H25Cl2N3O4/c1-32-23(31)21(16-2-6-18(24)7-3-16)28-14-12-27(13-15-28)20(29)10-11-26-22(30)17-4-8-19(25)9-5-17/h2-9,21H,10-15H2,1H3,(H,26,30). The SMILES string of the molecule is COC(=O)C(c1ccc(Cl)cc1)N1CCN(C(=O)CCNC(=O)c2ccc(Cl)cc2)CC1. The number of methoxy groups -OCH3 is 1. The second-order valence-electron chi connectivity index (χ2n) is 7.41. The summed E-state index contributed by atoms with van der Waals surface area (Å²) in [6.07, 6.45) is 0.205. The number of rotatable bonds is 7. The zero-order chi connectivity index (χ0) is 23.1. The first-order chi connectivity index (χ1) is 15.4. The zero-order valence-corrected chi connectivity index (χ0v) is 19.2. The predicted molar refractivity (Wildman–Crippen MR) is 123 cm³/mol. The van der Waals surface area contributed by atoms with Crippen molar-refractivity contribution < 1.29 is 19.1 Å². The molecule has 2 amide bonds. The Balaban J connectivity index is 1.49. The van der Waals surface area contributed by atoms with Gasteiger partial charge in [-0.05, 0) is 42.0 Å². The van der Waals surface area contributed by atoms with Crippen LogP contribution >= 0.6 is 23.2 Å². The van der Waals surface area contributed by atoms with Gasteiger partial charge in [-0.2, -0.15) is 0 Å². The van der Waals surface area contributed by atoms with Gasteiger partial charge in [0.2, 0.25) is 5.91 Å². The number of hydrogen-bond acceptors (Lipinski definition) is 5. The summed E-state index contributed by atoms with van der Waals surface area (Å²) in [6.45, 7) is 2.29. The van der Waals surface area contributed by atoms with Gasteiger partial charge in [0.1, 0.15) is 6.04 Å². The Morgan fingerprint density at radius 3 is 2.06 bits per heavy atom. The van der Waals surface area contributed by atoms with E-state index in [1.165, 1.54) is 7.11 Å². The molecule has 1 atom stereocenters. The Morgan fingerprint density at radius 1 is 0.938 bits per heavy atom. The number of benzene rings is 2. The minimum atomic E-state index is -0.548. The summed E-state index contributed by atoms with van der Waals surface area (Å²) >= 11 is 11.8. The van der Waals surface area contributed by atoms with E-state index in [0.29, 0.717) is 41.8 Å². The predicted octanol–water partition coefficient (Wildman–Crippen LogP) is 3.17. The summed E-state index contributed by atoms with van der Waals surface area (Å²) in [5, 5.41) is 3.90. The maximum Gasteiger partial charge on any atom is 0.327 e. The number of ether oxygens (including phenoxy) is 1. The fourth-order valence-electron chi connectivity index (χ4n) is 3.63. The Morgan fingerprint density at radius 2 is 1.50 bits per heavy atom. The van der Waals surface area contributed by atoms with Crippen LogP contribution < -0.4 is 5.32 Å². The molecular weight excluding hydrogens is 453 g/mol. The van der Waals surface area contributed by atoms with Crippen molar-refractivity contribution in [3.05, 3.63) is 69.7 Å². The molecule has 0 saturated carbocycles. The minimum absolute atomic E-state index is 0.0397. The molecule has 0 radical (unpaired) electrons. The van der Waals surface area contributed by atoms with Gasteiger partial charge >= 0.3 is 5.97 Å². The lowest BCUT2D eigenvalue weighted by Gasteiger charge is -2.38. The molecule has 0 aromatic heterocycles. The lowest BCUT2D eigenvalue weighted by Crippen LogP contribution is -2.51. The molecular formula is C23H25Cl2N3O4. The monoisotopic (exact) mass is 477 g/mol. The molecule has 1 aliphatic rings. The van der Waals surface area contributed by atoms with Crippen LogP contribution in [0.3, 0.4) is 0 Å². The lowest BCUT2D eigenvalue weighted by molar-refractivity contribution is -0.148. The number of nitrogens with one attached hydrogen (secondary N) is 1. The van der Waals surface area contributed by atoms with Gasteiger partial charge < -0.3 is 15.0 Å². The van der Waals surface area contributed by atoms with Crippen molar-refractivity contribution in [2.75, 3.05) is 39.8 Å². The summed E-state index contributed by atoms with van der Waals surface area (Å²) in [5.41, 5.74) is 1.29. The number of amides is 2. The average Bonchev–Trinajstić information content (AvgIpc) is 2.81. The third-order valence-electron chi connectivity index (χ3n) is 5.37. The van der Waals surface area contributed by atoms with Crippen molar-refractivity contribution in [2.24, 2.45) is 0 Å². The number of hydrogen-bond donors (Lipinski definition) is 1. The lowest BCUT2D eigenvalue weighted by atomic mass is 10.0. The van der Waals surface area contributed by atoms with E-state index in [-0.39, 0.29) is 30.7 Å². The van der Waals surface area contributed by atoms with Crippen molar-refractivity contribution in [1.82, 2.24) is 15.1 Å². The minimum Gasteiger partial charge on any atom is -0.468 e. The maximum atomic E-state index is 12.6. The molecule has 0 spiro atoms. The summed E-state index contributed by atoms with van der Waals surface area (Å²) in [7, 11) is 1.36. The van der Waals surface area contributed by atoms with Crippen LogP contribution in [0.4, 0.5) is 0 Å². The van der Waals surface area contributed by atoms with Crippen molar-refractivity contribution in [3.63, 3.8) is 0 Å². The molecule has 3 rings (SSSR count). The van der Waals surface area contributed by atoms with E-state index in [2.05, 4.69) is 5.32 Å². The highest BCUT2D eigenvalue weighted by atomic mass is 35.5. The smallest absolute Gasteiger partial charge is 0.327 e. The van der Waals surface area contributed by atoms with Crippen LogP contribution in [0.1, 0.15) is 28.4 Å². The first-order valence-electron chi connectivity index (χ1n) is 10.3. The quantitative estimate of drug-likeness (QED) is 0.619. The van der Waals surface area contributed by atoms with Crippen LogP contribution in [-0.2, 0) is 14.3 Å². The summed E-state index contributed by atoms with van der Waals surface area (Å²) in [5.74, 6) is -0.637. The molecule has 0 bridgehead atoms. The second kappa shape index (κ2) is 11.3. The summed E-state index contributed by atoms with van der Waals surface area (Å²) in [4.78, 5) is 40.9. The third-order valence-corrected chi connectivity index (χ3v) is 5.88. The average molecular weight is 478 g/mol. The molecule has 0 aliphatic carbocycles. The summed E-state index contributed by atoms with van der Waals surface area (Å²) in [6, 6.07) is 13.1. The fraction of sp³-hybridized carbons (Fsp3) is 0.348. The third kappa shape index (κ3) is 6.22. The molecule has 7 nitrogen and oxygen atoms in total. The number of carbonyl (C=O) groups excluding carboxylic acids is 3. The normalized spacial score (nSPS) is 15.2. The van der Waals surface area contributed by atoms with Crippen LogP contribution in [-0.4, -0.2) is 67.4 Å². The molecule has 2 aromatic rings. The molecule has 32 heavy (non-hydrogen) atoms. The first-order valence-corrected chi connectivity index (χ1v) is 11.0. The van der Waals surface area contributed by atoms with Crippen LogP contribution in [0, 0.1) is 0 Å². The van der Waals surface area contributed by atoms with E-state index < -0.39 is 6.04 Å². The van der Waals surface area contributed by atoms with E-state index in [0.717, 1.165) is 5.56 Å². The van der Waals surface area contributed by atoms with Crippen LogP contribution in [0.5, 0.6) is 0 Å². The van der Waals surface area contributed by atoms with Crippen LogP contribution in [0.15, 0.2) is 48.5 Å². The highest BCUT2D eigenvalue weighted by Crippen LogP contribution is 2.25. The molecule has 1 N–H and O–H groups in total. The molecule has 1 heterocycles.